The van der Waals surface area contributed by atoms with Crippen LogP contribution in [0.1, 0.15) is 28.5 Å². The normalized spacial score (nSPS) is 10.8. The van der Waals surface area contributed by atoms with Gasteiger partial charge in [0.05, 0.1) is 24.9 Å². The number of nitrogens with zero attached hydrogens (tertiary/aromatic N) is 2. The van der Waals surface area contributed by atoms with E-state index in [4.69, 9.17) is 4.42 Å². The largest absolute Gasteiger partial charge is 0.465 e. The van der Waals surface area contributed by atoms with E-state index < -0.39 is 5.97 Å². The lowest BCUT2D eigenvalue weighted by Crippen LogP contribution is -2.36. The Hall–Kier alpha value is -3.52. The summed E-state index contributed by atoms with van der Waals surface area (Å²) in [5, 5.41) is 2.83. The van der Waals surface area contributed by atoms with Gasteiger partial charge in [-0.3, -0.25) is 9.69 Å². The molecule has 0 saturated carbocycles. The first-order chi connectivity index (χ1) is 15.0. The number of esters is 1. The Kier molecular flexibility index (Phi) is 7.50. The van der Waals surface area contributed by atoms with Gasteiger partial charge in [-0.05, 0) is 48.5 Å². The molecule has 0 atom stereocenters. The molecule has 0 fully saturated rings. The third-order valence-corrected chi connectivity index (χ3v) is 4.71. The molecule has 7 nitrogen and oxygen atoms in total. The maximum atomic E-state index is 13.0. The van der Waals surface area contributed by atoms with Crippen LogP contribution in [0.4, 0.5) is 4.39 Å². The third-order valence-electron chi connectivity index (χ3n) is 4.71. The zero-order valence-corrected chi connectivity index (χ0v) is 17.4. The van der Waals surface area contributed by atoms with Crippen LogP contribution in [0.2, 0.25) is 0 Å². The standard InChI is InChI=1S/C23H24FN3O4/c1-3-27(14-21(28)25-12-16-4-10-19(24)11-5-16)13-20-15-31-22(26-20)17-6-8-18(9-7-17)23(29)30-2/h4-11,15H,3,12-14H2,1-2H3,(H,25,28). The number of benzene rings is 2. The van der Waals surface area contributed by atoms with Gasteiger partial charge in [0.1, 0.15) is 12.1 Å². The Labute approximate surface area is 179 Å². The van der Waals surface area contributed by atoms with Gasteiger partial charge in [-0.15, -0.1) is 0 Å². The van der Waals surface area contributed by atoms with Crippen molar-refractivity contribution in [3.8, 4) is 11.5 Å². The molecule has 1 amide bonds. The first-order valence-corrected chi connectivity index (χ1v) is 9.85. The van der Waals surface area contributed by atoms with Crippen LogP contribution in [-0.4, -0.2) is 42.0 Å². The lowest BCUT2D eigenvalue weighted by Gasteiger charge is -2.18. The summed E-state index contributed by atoms with van der Waals surface area (Å²) < 4.78 is 23.2. The van der Waals surface area contributed by atoms with Crippen molar-refractivity contribution >= 4 is 11.9 Å². The van der Waals surface area contributed by atoms with Gasteiger partial charge in [0, 0.05) is 18.7 Å². The fourth-order valence-electron chi connectivity index (χ4n) is 2.95. The van der Waals surface area contributed by atoms with Crippen LogP contribution in [0.3, 0.4) is 0 Å². The number of carbonyl (C=O) groups excluding carboxylic acids is 2. The Balaban J connectivity index is 1.54. The molecule has 31 heavy (non-hydrogen) atoms. The van der Waals surface area contributed by atoms with E-state index in [1.165, 1.54) is 19.2 Å². The monoisotopic (exact) mass is 425 g/mol. The molecule has 1 heterocycles. The molecular weight excluding hydrogens is 401 g/mol. The van der Waals surface area contributed by atoms with Crippen molar-refractivity contribution in [3.05, 3.63) is 77.4 Å². The first kappa shape index (κ1) is 22.2. The van der Waals surface area contributed by atoms with E-state index in [-0.39, 0.29) is 18.3 Å². The van der Waals surface area contributed by atoms with Gasteiger partial charge in [-0.1, -0.05) is 19.1 Å². The van der Waals surface area contributed by atoms with Crippen LogP contribution < -0.4 is 5.32 Å². The summed E-state index contributed by atoms with van der Waals surface area (Å²) in [5.41, 5.74) is 2.71. The molecule has 1 aromatic heterocycles. The summed E-state index contributed by atoms with van der Waals surface area (Å²) in [6.45, 7) is 3.60. The number of methoxy groups -OCH3 is 1. The highest BCUT2D eigenvalue weighted by Crippen LogP contribution is 2.20. The molecule has 8 heteroatoms. The molecule has 162 valence electrons. The van der Waals surface area contributed by atoms with Gasteiger partial charge >= 0.3 is 5.97 Å². The number of aromatic nitrogens is 1. The second-order valence-electron chi connectivity index (χ2n) is 6.92. The SMILES string of the molecule is CCN(CC(=O)NCc1ccc(F)cc1)Cc1coc(-c2ccc(C(=O)OC)cc2)n1. The predicted molar refractivity (Wildman–Crippen MR) is 112 cm³/mol. The maximum absolute atomic E-state index is 13.0. The van der Waals surface area contributed by atoms with E-state index in [9.17, 15) is 14.0 Å². The Morgan fingerprint density at radius 1 is 1.13 bits per heavy atom. The highest BCUT2D eigenvalue weighted by atomic mass is 19.1. The number of carbonyl (C=O) groups is 2. The number of nitrogens with one attached hydrogen (secondary N) is 1. The minimum absolute atomic E-state index is 0.131. The summed E-state index contributed by atoms with van der Waals surface area (Å²) in [7, 11) is 1.33. The minimum atomic E-state index is -0.407. The minimum Gasteiger partial charge on any atom is -0.465 e. The highest BCUT2D eigenvalue weighted by molar-refractivity contribution is 5.89. The van der Waals surface area contributed by atoms with Crippen molar-refractivity contribution in [2.75, 3.05) is 20.2 Å². The molecule has 2 aromatic carbocycles. The Morgan fingerprint density at radius 3 is 2.48 bits per heavy atom. The second-order valence-corrected chi connectivity index (χ2v) is 6.92. The lowest BCUT2D eigenvalue weighted by molar-refractivity contribution is -0.122. The molecular formula is C23H24FN3O4. The van der Waals surface area contributed by atoms with E-state index in [1.54, 1.807) is 42.7 Å². The molecule has 0 unspecified atom stereocenters. The zero-order valence-electron chi connectivity index (χ0n) is 17.4. The molecule has 0 saturated heterocycles. The summed E-state index contributed by atoms with van der Waals surface area (Å²) in [6, 6.07) is 12.8. The fraction of sp³-hybridized carbons (Fsp3) is 0.261. The topological polar surface area (TPSA) is 84.7 Å². The van der Waals surface area contributed by atoms with E-state index in [1.807, 2.05) is 11.8 Å². The molecule has 1 N–H and O–H groups in total. The highest BCUT2D eigenvalue weighted by Gasteiger charge is 2.14. The van der Waals surface area contributed by atoms with E-state index in [2.05, 4.69) is 15.0 Å². The van der Waals surface area contributed by atoms with Gasteiger partial charge in [0.25, 0.3) is 0 Å². The van der Waals surface area contributed by atoms with Crippen molar-refractivity contribution in [3.63, 3.8) is 0 Å². The summed E-state index contributed by atoms with van der Waals surface area (Å²) in [5.74, 6) is -0.411. The smallest absolute Gasteiger partial charge is 0.337 e. The molecule has 0 aliphatic carbocycles. The predicted octanol–water partition coefficient (Wildman–Crippen LogP) is 3.41. The van der Waals surface area contributed by atoms with Gasteiger partial charge in [-0.2, -0.15) is 0 Å². The van der Waals surface area contributed by atoms with Crippen LogP contribution in [0.15, 0.2) is 59.2 Å². The zero-order chi connectivity index (χ0) is 22.2. The van der Waals surface area contributed by atoms with Crippen LogP contribution >= 0.6 is 0 Å². The maximum Gasteiger partial charge on any atom is 0.337 e. The molecule has 0 aliphatic heterocycles. The number of likely N-dealkylation sites (N-methyl/N-ethyl adjacent to an activating group) is 1. The number of hydrogen-bond donors (Lipinski definition) is 1. The van der Waals surface area contributed by atoms with Crippen molar-refractivity contribution in [1.82, 2.24) is 15.2 Å². The summed E-state index contributed by atoms with van der Waals surface area (Å²) >= 11 is 0. The second kappa shape index (κ2) is 10.5. The van der Waals surface area contributed by atoms with Gasteiger partial charge < -0.3 is 14.5 Å². The third kappa shape index (κ3) is 6.23. The average molecular weight is 425 g/mol. The molecule has 3 rings (SSSR count). The molecule has 0 aliphatic rings. The van der Waals surface area contributed by atoms with Crippen molar-refractivity contribution in [2.24, 2.45) is 0 Å². The van der Waals surface area contributed by atoms with Crippen LogP contribution in [0.5, 0.6) is 0 Å². The number of rotatable bonds is 9. The van der Waals surface area contributed by atoms with Crippen LogP contribution in [0.25, 0.3) is 11.5 Å². The van der Waals surface area contributed by atoms with E-state index in [0.717, 1.165) is 11.1 Å². The molecule has 3 aromatic rings. The molecule has 0 bridgehead atoms. The van der Waals surface area contributed by atoms with Crippen LogP contribution in [0, 0.1) is 5.82 Å². The number of halogens is 1. The number of oxazole rings is 1. The number of ether oxygens (including phenoxy) is 1. The molecule has 0 spiro atoms. The number of hydrogen-bond acceptors (Lipinski definition) is 6. The Bertz CT molecular complexity index is 1020. The lowest BCUT2D eigenvalue weighted by atomic mass is 10.1. The van der Waals surface area contributed by atoms with Gasteiger partial charge in [0.15, 0.2) is 0 Å². The summed E-state index contributed by atoms with van der Waals surface area (Å²) in [4.78, 5) is 30.2. The van der Waals surface area contributed by atoms with Gasteiger partial charge in [0.2, 0.25) is 11.8 Å². The van der Waals surface area contributed by atoms with Crippen LogP contribution in [-0.2, 0) is 22.6 Å². The molecule has 0 radical (unpaired) electrons. The average Bonchev–Trinajstić information content (AvgIpc) is 3.26. The van der Waals surface area contributed by atoms with Crippen molar-refractivity contribution in [2.45, 2.75) is 20.0 Å². The van der Waals surface area contributed by atoms with Gasteiger partial charge in [-0.25, -0.2) is 14.2 Å². The van der Waals surface area contributed by atoms with Crippen molar-refractivity contribution in [1.29, 1.82) is 0 Å². The van der Waals surface area contributed by atoms with E-state index >= 15 is 0 Å². The fourth-order valence-corrected chi connectivity index (χ4v) is 2.95. The quantitative estimate of drug-likeness (QED) is 0.529. The first-order valence-electron chi connectivity index (χ1n) is 9.85. The number of amides is 1. The van der Waals surface area contributed by atoms with E-state index in [0.29, 0.717) is 36.8 Å². The Morgan fingerprint density at radius 2 is 1.84 bits per heavy atom. The van der Waals surface area contributed by atoms with Crippen molar-refractivity contribution < 1.29 is 23.1 Å². The summed E-state index contributed by atoms with van der Waals surface area (Å²) in [6.07, 6.45) is 1.56.